The first-order valence-electron chi connectivity index (χ1n) is 4.82. The summed E-state index contributed by atoms with van der Waals surface area (Å²) >= 11 is 0. The number of pyridine rings is 1. The first kappa shape index (κ1) is 9.34. The SMILES string of the molecule is Cc1cnccc1C1CCC(C=O)O1. The van der Waals surface area contributed by atoms with Gasteiger partial charge in [0, 0.05) is 12.4 Å². The first-order valence-corrected chi connectivity index (χ1v) is 4.82. The van der Waals surface area contributed by atoms with E-state index in [2.05, 4.69) is 4.98 Å². The van der Waals surface area contributed by atoms with Gasteiger partial charge in [0.25, 0.3) is 0 Å². The van der Waals surface area contributed by atoms with Gasteiger partial charge in [0.05, 0.1) is 6.10 Å². The molecule has 1 saturated heterocycles. The second kappa shape index (κ2) is 3.88. The van der Waals surface area contributed by atoms with Crippen molar-refractivity contribution >= 4 is 6.29 Å². The topological polar surface area (TPSA) is 39.2 Å². The van der Waals surface area contributed by atoms with E-state index >= 15 is 0 Å². The minimum atomic E-state index is -0.215. The average molecular weight is 191 g/mol. The second-order valence-corrected chi connectivity index (χ2v) is 3.61. The van der Waals surface area contributed by atoms with Crippen molar-refractivity contribution in [1.29, 1.82) is 0 Å². The number of aromatic nitrogens is 1. The highest BCUT2D eigenvalue weighted by Gasteiger charge is 2.26. The lowest BCUT2D eigenvalue weighted by molar-refractivity contribution is -0.117. The van der Waals surface area contributed by atoms with E-state index in [1.807, 2.05) is 19.2 Å². The van der Waals surface area contributed by atoms with Crippen molar-refractivity contribution in [2.45, 2.75) is 32.0 Å². The molecule has 1 aliphatic heterocycles. The molecule has 2 atom stereocenters. The van der Waals surface area contributed by atoms with E-state index in [0.717, 1.165) is 30.3 Å². The monoisotopic (exact) mass is 191 g/mol. The fourth-order valence-electron chi connectivity index (χ4n) is 1.84. The number of ether oxygens (including phenoxy) is 1. The van der Waals surface area contributed by atoms with Crippen molar-refractivity contribution in [3.8, 4) is 0 Å². The van der Waals surface area contributed by atoms with Crippen LogP contribution in [0.1, 0.15) is 30.1 Å². The molecule has 2 heterocycles. The highest BCUT2D eigenvalue weighted by molar-refractivity contribution is 5.56. The third kappa shape index (κ3) is 1.68. The van der Waals surface area contributed by atoms with Crippen molar-refractivity contribution in [3.63, 3.8) is 0 Å². The minimum Gasteiger partial charge on any atom is -0.363 e. The van der Waals surface area contributed by atoms with Crippen LogP contribution in [0.3, 0.4) is 0 Å². The van der Waals surface area contributed by atoms with E-state index in [-0.39, 0.29) is 12.2 Å². The van der Waals surface area contributed by atoms with E-state index in [1.54, 1.807) is 6.20 Å². The number of carbonyl (C=O) groups is 1. The highest BCUT2D eigenvalue weighted by atomic mass is 16.5. The molecule has 0 amide bonds. The number of nitrogens with zero attached hydrogens (tertiary/aromatic N) is 1. The number of hydrogen-bond donors (Lipinski definition) is 0. The van der Waals surface area contributed by atoms with Gasteiger partial charge in [-0.2, -0.15) is 0 Å². The number of aldehydes is 1. The zero-order valence-corrected chi connectivity index (χ0v) is 8.14. The Balaban J connectivity index is 2.17. The lowest BCUT2D eigenvalue weighted by Gasteiger charge is -2.12. The molecule has 14 heavy (non-hydrogen) atoms. The molecular formula is C11H13NO2. The lowest BCUT2D eigenvalue weighted by Crippen LogP contribution is -2.07. The number of rotatable bonds is 2. The van der Waals surface area contributed by atoms with Crippen molar-refractivity contribution < 1.29 is 9.53 Å². The number of aryl methyl sites for hydroxylation is 1. The molecule has 3 nitrogen and oxygen atoms in total. The van der Waals surface area contributed by atoms with E-state index in [1.165, 1.54) is 0 Å². The molecule has 2 unspecified atom stereocenters. The van der Waals surface area contributed by atoms with Gasteiger partial charge in [0.2, 0.25) is 0 Å². The summed E-state index contributed by atoms with van der Waals surface area (Å²) in [6.45, 7) is 2.01. The smallest absolute Gasteiger partial charge is 0.148 e. The molecule has 0 aliphatic carbocycles. The maximum Gasteiger partial charge on any atom is 0.148 e. The van der Waals surface area contributed by atoms with Gasteiger partial charge in [-0.05, 0) is 37.0 Å². The molecule has 3 heteroatoms. The summed E-state index contributed by atoms with van der Waals surface area (Å²) in [5.74, 6) is 0. The third-order valence-electron chi connectivity index (χ3n) is 2.61. The molecule has 1 fully saturated rings. The predicted octanol–water partition coefficient (Wildman–Crippen LogP) is 1.81. The van der Waals surface area contributed by atoms with E-state index in [9.17, 15) is 4.79 Å². The molecule has 74 valence electrons. The summed E-state index contributed by atoms with van der Waals surface area (Å²) in [6, 6.07) is 1.97. The van der Waals surface area contributed by atoms with E-state index < -0.39 is 0 Å². The Kier molecular flexibility index (Phi) is 2.59. The zero-order valence-electron chi connectivity index (χ0n) is 8.14. The quantitative estimate of drug-likeness (QED) is 0.669. The molecule has 1 aromatic heterocycles. The Morgan fingerprint density at radius 1 is 1.57 bits per heavy atom. The van der Waals surface area contributed by atoms with Gasteiger partial charge >= 0.3 is 0 Å². The highest BCUT2D eigenvalue weighted by Crippen LogP contribution is 2.32. The van der Waals surface area contributed by atoms with Crippen LogP contribution in [-0.4, -0.2) is 17.4 Å². The summed E-state index contributed by atoms with van der Waals surface area (Å²) in [5, 5.41) is 0. The minimum absolute atomic E-state index is 0.0770. The zero-order chi connectivity index (χ0) is 9.97. The normalized spacial score (nSPS) is 26.4. The number of carbonyl (C=O) groups excluding carboxylic acids is 1. The van der Waals surface area contributed by atoms with Gasteiger partial charge in [-0.15, -0.1) is 0 Å². The van der Waals surface area contributed by atoms with Gasteiger partial charge in [0.15, 0.2) is 0 Å². The van der Waals surface area contributed by atoms with Crippen LogP contribution in [0.4, 0.5) is 0 Å². The van der Waals surface area contributed by atoms with Gasteiger partial charge in [-0.1, -0.05) is 0 Å². The fourth-order valence-corrected chi connectivity index (χ4v) is 1.84. The van der Waals surface area contributed by atoms with Gasteiger partial charge in [-0.3, -0.25) is 4.98 Å². The van der Waals surface area contributed by atoms with Crippen LogP contribution in [0, 0.1) is 6.92 Å². The molecule has 0 N–H and O–H groups in total. The van der Waals surface area contributed by atoms with Crippen LogP contribution in [-0.2, 0) is 9.53 Å². The van der Waals surface area contributed by atoms with Crippen molar-refractivity contribution in [3.05, 3.63) is 29.6 Å². The summed E-state index contributed by atoms with van der Waals surface area (Å²) < 4.78 is 5.58. The Bertz CT molecular complexity index is 338. The molecule has 2 rings (SSSR count). The maximum atomic E-state index is 10.5. The summed E-state index contributed by atoms with van der Waals surface area (Å²) in [6.07, 6.45) is 6.09. The first-order chi connectivity index (χ1) is 6.81. The van der Waals surface area contributed by atoms with Crippen molar-refractivity contribution in [2.75, 3.05) is 0 Å². The van der Waals surface area contributed by atoms with E-state index in [0.29, 0.717) is 0 Å². The van der Waals surface area contributed by atoms with Crippen LogP contribution in [0.5, 0.6) is 0 Å². The van der Waals surface area contributed by atoms with Crippen LogP contribution < -0.4 is 0 Å². The largest absolute Gasteiger partial charge is 0.363 e. The molecule has 1 aliphatic rings. The molecule has 0 spiro atoms. The van der Waals surface area contributed by atoms with Crippen LogP contribution in [0.15, 0.2) is 18.5 Å². The van der Waals surface area contributed by atoms with Crippen molar-refractivity contribution in [1.82, 2.24) is 4.98 Å². The lowest BCUT2D eigenvalue weighted by atomic mass is 10.0. The van der Waals surface area contributed by atoms with Gasteiger partial charge in [0.1, 0.15) is 12.4 Å². The Labute approximate surface area is 83.1 Å². The summed E-state index contributed by atoms with van der Waals surface area (Å²) in [5.41, 5.74) is 2.29. The van der Waals surface area contributed by atoms with Gasteiger partial charge < -0.3 is 9.53 Å². The fraction of sp³-hybridized carbons (Fsp3) is 0.455. The van der Waals surface area contributed by atoms with E-state index in [4.69, 9.17) is 4.74 Å². The molecule has 0 saturated carbocycles. The summed E-state index contributed by atoms with van der Waals surface area (Å²) in [7, 11) is 0. The molecule has 0 radical (unpaired) electrons. The average Bonchev–Trinajstić information content (AvgIpc) is 2.67. The number of hydrogen-bond acceptors (Lipinski definition) is 3. The predicted molar refractivity (Wildman–Crippen MR) is 51.9 cm³/mol. The van der Waals surface area contributed by atoms with Crippen LogP contribution in [0.25, 0.3) is 0 Å². The second-order valence-electron chi connectivity index (χ2n) is 3.61. The maximum absolute atomic E-state index is 10.5. The van der Waals surface area contributed by atoms with Crippen molar-refractivity contribution in [2.24, 2.45) is 0 Å². The Hall–Kier alpha value is -1.22. The van der Waals surface area contributed by atoms with Gasteiger partial charge in [-0.25, -0.2) is 0 Å². The van der Waals surface area contributed by atoms with Crippen LogP contribution >= 0.6 is 0 Å². The Morgan fingerprint density at radius 3 is 3.07 bits per heavy atom. The molecule has 1 aromatic rings. The molecular weight excluding hydrogens is 178 g/mol. The third-order valence-corrected chi connectivity index (χ3v) is 2.61. The summed E-state index contributed by atoms with van der Waals surface area (Å²) in [4.78, 5) is 14.6. The Morgan fingerprint density at radius 2 is 2.43 bits per heavy atom. The molecule has 0 bridgehead atoms. The van der Waals surface area contributed by atoms with Crippen LogP contribution in [0.2, 0.25) is 0 Å². The standard InChI is InChI=1S/C11H13NO2/c1-8-6-12-5-4-10(8)11-3-2-9(7-13)14-11/h4-7,9,11H,2-3H2,1H3. The molecule has 0 aromatic carbocycles.